The highest BCUT2D eigenvalue weighted by Gasteiger charge is 2.59. The van der Waals surface area contributed by atoms with E-state index in [1.165, 1.54) is 51.4 Å². The van der Waals surface area contributed by atoms with Crippen molar-refractivity contribution in [2.45, 2.75) is 139 Å². The Morgan fingerprint density at radius 2 is 1.54 bits per heavy atom. The minimum absolute atomic E-state index is 0. The van der Waals surface area contributed by atoms with Crippen LogP contribution in [0.2, 0.25) is 0 Å². The fraction of sp³-hybridized carbons (Fsp3) is 0.921. The van der Waals surface area contributed by atoms with Crippen molar-refractivity contribution in [2.24, 2.45) is 69.3 Å². The predicted molar refractivity (Wildman–Crippen MR) is 202 cm³/mol. The van der Waals surface area contributed by atoms with Crippen molar-refractivity contribution in [3.63, 3.8) is 0 Å². The van der Waals surface area contributed by atoms with E-state index in [-0.39, 0.29) is 32.5 Å². The van der Waals surface area contributed by atoms with Gasteiger partial charge in [-0.15, -0.1) is 0 Å². The van der Waals surface area contributed by atoms with E-state index in [0.29, 0.717) is 31.6 Å². The number of alkyl carbamates (subject to hydrolysis) is 1. The standard InChI is InChI=1S/C36H70N8O2.2CH4/c1-24(2)7-6-8-25(3)29-11-12-30-28-10-9-26-23-27(13-15-35(26,4)31(28)14-16-36(29,30)5)46-34(45)43-19-22-44(20-17-41-32(37)38)21-18-42-33(39)40;;/h9,24-25,27-33,41-42H,6-8,10-23,37-40H2,1-5H3,(H,43,45);2*1H4. The van der Waals surface area contributed by atoms with Gasteiger partial charge in [-0.1, -0.05) is 80.4 Å². The van der Waals surface area contributed by atoms with Gasteiger partial charge in [-0.05, 0) is 91.3 Å². The smallest absolute Gasteiger partial charge is 0.407 e. The summed E-state index contributed by atoms with van der Waals surface area (Å²) < 4.78 is 6.00. The van der Waals surface area contributed by atoms with Gasteiger partial charge in [0.05, 0.1) is 0 Å². The molecule has 0 spiro atoms. The first-order valence-electron chi connectivity index (χ1n) is 18.7. The van der Waals surface area contributed by atoms with Gasteiger partial charge in [0.2, 0.25) is 0 Å². The lowest BCUT2D eigenvalue weighted by Gasteiger charge is -2.58. The molecule has 3 saturated carbocycles. The molecule has 48 heavy (non-hydrogen) atoms. The number of rotatable bonds is 17. The van der Waals surface area contributed by atoms with E-state index >= 15 is 0 Å². The molecule has 4 aliphatic carbocycles. The Balaban J connectivity index is 0.00000400. The van der Waals surface area contributed by atoms with Gasteiger partial charge in [0, 0.05) is 45.7 Å². The van der Waals surface area contributed by atoms with Crippen molar-refractivity contribution >= 4 is 6.09 Å². The summed E-state index contributed by atoms with van der Waals surface area (Å²) in [5, 5.41) is 9.04. The molecule has 10 nitrogen and oxygen atoms in total. The fourth-order valence-corrected chi connectivity index (χ4v) is 10.4. The molecule has 4 rings (SSSR count). The highest BCUT2D eigenvalue weighted by Crippen LogP contribution is 2.67. The summed E-state index contributed by atoms with van der Waals surface area (Å²) in [6, 6.07) is 0. The first-order valence-corrected chi connectivity index (χ1v) is 18.7. The number of hydrogen-bond acceptors (Lipinski definition) is 9. The summed E-state index contributed by atoms with van der Waals surface area (Å²) in [7, 11) is 0. The van der Waals surface area contributed by atoms with Crippen LogP contribution in [-0.2, 0) is 4.74 Å². The summed E-state index contributed by atoms with van der Waals surface area (Å²) in [4.78, 5) is 15.1. The number of ether oxygens (including phenoxy) is 1. The molecular weight excluding hydrogens is 600 g/mol. The molecule has 1 amide bonds. The van der Waals surface area contributed by atoms with Gasteiger partial charge >= 0.3 is 6.09 Å². The van der Waals surface area contributed by atoms with E-state index in [4.69, 9.17) is 27.7 Å². The Morgan fingerprint density at radius 3 is 2.17 bits per heavy atom. The maximum atomic E-state index is 12.9. The zero-order chi connectivity index (χ0) is 33.5. The number of nitrogens with one attached hydrogen (secondary N) is 3. The van der Waals surface area contributed by atoms with Crippen LogP contribution >= 0.6 is 0 Å². The Hall–Kier alpha value is -1.27. The second-order valence-electron chi connectivity index (χ2n) is 16.3. The summed E-state index contributed by atoms with van der Waals surface area (Å²) in [5.74, 6) is 5.00. The van der Waals surface area contributed by atoms with Gasteiger partial charge < -0.3 is 33.0 Å². The number of nitrogens with two attached hydrogens (primary N) is 4. The van der Waals surface area contributed by atoms with Gasteiger partial charge in [-0.25, -0.2) is 4.79 Å². The predicted octanol–water partition coefficient (Wildman–Crippen LogP) is 5.28. The van der Waals surface area contributed by atoms with Crippen molar-refractivity contribution in [1.29, 1.82) is 0 Å². The summed E-state index contributed by atoms with van der Waals surface area (Å²) in [6.45, 7) is 16.4. The average molecular weight is 679 g/mol. The molecule has 8 unspecified atom stereocenters. The first-order chi connectivity index (χ1) is 21.8. The third-order valence-electron chi connectivity index (χ3n) is 12.8. The zero-order valence-corrected chi connectivity index (χ0v) is 29.9. The highest BCUT2D eigenvalue weighted by atomic mass is 16.6. The largest absolute Gasteiger partial charge is 0.446 e. The topological polar surface area (TPSA) is 170 Å². The molecule has 8 atom stereocenters. The van der Waals surface area contributed by atoms with Crippen LogP contribution in [0.15, 0.2) is 11.6 Å². The molecule has 0 aromatic heterocycles. The van der Waals surface area contributed by atoms with Crippen LogP contribution in [0.25, 0.3) is 0 Å². The van der Waals surface area contributed by atoms with Gasteiger partial charge in [-0.3, -0.25) is 15.5 Å². The lowest BCUT2D eigenvalue weighted by molar-refractivity contribution is -0.0581. The SMILES string of the molecule is C.C.CC(C)CCCC(C)C1CCC2C3CC=C4CC(OC(=O)NCCN(CCNC(N)N)CCNC(N)N)CCC4(C)C3CCC12C. The number of fused-ring (bicyclic) bond motifs is 5. The Bertz CT molecular complexity index is 978. The number of carbonyl (C=O) groups excluding carboxylic acids is 1. The molecular formula is C38H78N8O2. The van der Waals surface area contributed by atoms with Crippen molar-refractivity contribution < 1.29 is 9.53 Å². The van der Waals surface area contributed by atoms with E-state index < -0.39 is 12.6 Å². The lowest BCUT2D eigenvalue weighted by atomic mass is 9.47. The highest BCUT2D eigenvalue weighted by molar-refractivity contribution is 5.67. The molecule has 0 aromatic rings. The van der Waals surface area contributed by atoms with Crippen LogP contribution in [0.4, 0.5) is 4.79 Å². The molecule has 0 heterocycles. The van der Waals surface area contributed by atoms with E-state index in [9.17, 15) is 4.79 Å². The molecule has 282 valence electrons. The Kier molecular flexibility index (Phi) is 17.3. The lowest BCUT2D eigenvalue weighted by Crippen LogP contribution is -2.51. The minimum atomic E-state index is -0.556. The van der Waals surface area contributed by atoms with E-state index in [1.54, 1.807) is 5.57 Å². The maximum absolute atomic E-state index is 12.9. The first kappa shape index (κ1) is 42.9. The van der Waals surface area contributed by atoms with Crippen molar-refractivity contribution in [1.82, 2.24) is 20.9 Å². The van der Waals surface area contributed by atoms with Crippen LogP contribution in [0.1, 0.15) is 120 Å². The van der Waals surface area contributed by atoms with E-state index in [2.05, 4.69) is 61.5 Å². The number of nitrogens with zero attached hydrogens (tertiary/aromatic N) is 1. The molecule has 11 N–H and O–H groups in total. The minimum Gasteiger partial charge on any atom is -0.446 e. The normalized spacial score (nSPS) is 31.8. The monoisotopic (exact) mass is 679 g/mol. The van der Waals surface area contributed by atoms with Gasteiger partial charge in [0.25, 0.3) is 0 Å². The number of carbonyl (C=O) groups is 1. The van der Waals surface area contributed by atoms with Crippen LogP contribution in [0, 0.1) is 46.3 Å². The van der Waals surface area contributed by atoms with Crippen LogP contribution in [0.3, 0.4) is 0 Å². The molecule has 10 heteroatoms. The zero-order valence-electron chi connectivity index (χ0n) is 29.9. The molecule has 0 bridgehead atoms. The van der Waals surface area contributed by atoms with Crippen LogP contribution in [0.5, 0.6) is 0 Å². The molecule has 0 saturated heterocycles. The van der Waals surface area contributed by atoms with Gasteiger partial charge in [0.15, 0.2) is 0 Å². The third-order valence-corrected chi connectivity index (χ3v) is 12.8. The Labute approximate surface area is 295 Å². The van der Waals surface area contributed by atoms with Crippen LogP contribution in [-0.4, -0.2) is 68.9 Å². The summed E-state index contributed by atoms with van der Waals surface area (Å²) in [5.41, 5.74) is 24.8. The molecule has 0 aromatic carbocycles. The number of allylic oxidation sites excluding steroid dienone is 1. The quantitative estimate of drug-likeness (QED) is 0.0799. The fourth-order valence-electron chi connectivity index (χ4n) is 10.4. The molecule has 0 radical (unpaired) electrons. The van der Waals surface area contributed by atoms with E-state index in [0.717, 1.165) is 67.9 Å². The number of hydrogen-bond donors (Lipinski definition) is 7. The summed E-state index contributed by atoms with van der Waals surface area (Å²) >= 11 is 0. The van der Waals surface area contributed by atoms with Crippen LogP contribution < -0.4 is 38.9 Å². The second-order valence-corrected chi connectivity index (χ2v) is 16.3. The molecule has 0 aliphatic heterocycles. The van der Waals surface area contributed by atoms with Crippen molar-refractivity contribution in [2.75, 3.05) is 39.3 Å². The Morgan fingerprint density at radius 1 is 0.896 bits per heavy atom. The van der Waals surface area contributed by atoms with Crippen molar-refractivity contribution in [3.05, 3.63) is 11.6 Å². The third kappa shape index (κ3) is 10.9. The molecule has 4 aliphatic rings. The van der Waals surface area contributed by atoms with E-state index in [1.807, 2.05) is 0 Å². The molecule has 3 fully saturated rings. The number of amides is 1. The summed E-state index contributed by atoms with van der Waals surface area (Å²) in [6.07, 6.45) is 15.0. The second kappa shape index (κ2) is 19.4. The van der Waals surface area contributed by atoms with Gasteiger partial charge in [-0.2, -0.15) is 0 Å². The van der Waals surface area contributed by atoms with Crippen molar-refractivity contribution in [3.8, 4) is 0 Å². The maximum Gasteiger partial charge on any atom is 0.407 e. The van der Waals surface area contributed by atoms with Gasteiger partial charge in [0.1, 0.15) is 18.7 Å². The average Bonchev–Trinajstić information content (AvgIpc) is 3.34.